The van der Waals surface area contributed by atoms with Gasteiger partial charge in [-0.1, -0.05) is 31.5 Å². The minimum Gasteiger partial charge on any atom is -0.479 e. The van der Waals surface area contributed by atoms with Gasteiger partial charge in [-0.3, -0.25) is 4.79 Å². The number of rotatable bonds is 1. The molecule has 32 heavy (non-hydrogen) atoms. The lowest BCUT2D eigenvalue weighted by molar-refractivity contribution is -0.222. The van der Waals surface area contributed by atoms with E-state index in [-0.39, 0.29) is 29.4 Å². The van der Waals surface area contributed by atoms with Gasteiger partial charge in [0.25, 0.3) is 0 Å². The lowest BCUT2D eigenvalue weighted by Crippen LogP contribution is -2.69. The third-order valence-electron chi connectivity index (χ3n) is 8.97. The number of carboxylic acid groups (broad SMARTS) is 1. The van der Waals surface area contributed by atoms with E-state index in [1.807, 2.05) is 6.92 Å². The van der Waals surface area contributed by atoms with Crippen molar-refractivity contribution in [1.82, 2.24) is 0 Å². The molecule has 3 saturated carbocycles. The highest BCUT2D eigenvalue weighted by atomic mass is 35.5. The van der Waals surface area contributed by atoms with Crippen molar-refractivity contribution < 1.29 is 28.6 Å². The Kier molecular flexibility index (Phi) is 4.70. The molecule has 5 nitrogen and oxygen atoms in total. The second-order valence-corrected chi connectivity index (χ2v) is 12.3. The quantitative estimate of drug-likeness (QED) is 0.507. The van der Waals surface area contributed by atoms with E-state index in [1.54, 1.807) is 26.8 Å². The molecule has 176 valence electrons. The number of hydrogen-bond acceptors (Lipinski definition) is 4. The standard InChI is InChI=1S/C23H26Cl3FO5/c1-19(2)31-15-8-10-11-7-12(27)16-17(25)13(28)5-6-20(16,3)22(11,26)14(24)9-21(10,4)23(15,32-19)18(29)30/h5-6,10-12,14-15H,7-9H2,1-4H3,(H,29,30)/t10-,11-,12-,14-,15+,20-,21-,22-,23-/m0/s1. The summed E-state index contributed by atoms with van der Waals surface area (Å²) in [7, 11) is 0. The van der Waals surface area contributed by atoms with Crippen LogP contribution in [0, 0.1) is 22.7 Å². The summed E-state index contributed by atoms with van der Waals surface area (Å²) in [5.74, 6) is -3.40. The van der Waals surface area contributed by atoms with Crippen molar-refractivity contribution >= 4 is 46.6 Å². The van der Waals surface area contributed by atoms with Gasteiger partial charge >= 0.3 is 5.97 Å². The number of allylic oxidation sites excluding steroid dienone is 4. The molecule has 0 amide bonds. The number of carboxylic acids is 1. The van der Waals surface area contributed by atoms with Crippen molar-refractivity contribution in [3.8, 4) is 0 Å². The topological polar surface area (TPSA) is 72.8 Å². The van der Waals surface area contributed by atoms with E-state index in [0.29, 0.717) is 6.42 Å². The van der Waals surface area contributed by atoms with Crippen molar-refractivity contribution in [2.45, 2.75) is 80.9 Å². The van der Waals surface area contributed by atoms with Crippen LogP contribution in [0.3, 0.4) is 0 Å². The summed E-state index contributed by atoms with van der Waals surface area (Å²) in [5.41, 5.74) is -3.45. The fourth-order valence-corrected chi connectivity index (χ4v) is 9.27. The van der Waals surface area contributed by atoms with Gasteiger partial charge in [-0.15, -0.1) is 23.2 Å². The summed E-state index contributed by atoms with van der Waals surface area (Å²) >= 11 is 20.7. The van der Waals surface area contributed by atoms with E-state index < -0.39 is 62.4 Å². The van der Waals surface area contributed by atoms with Gasteiger partial charge in [0.05, 0.1) is 15.3 Å². The van der Waals surface area contributed by atoms with Crippen molar-refractivity contribution in [1.29, 1.82) is 0 Å². The lowest BCUT2D eigenvalue weighted by Gasteiger charge is -2.64. The van der Waals surface area contributed by atoms with Crippen LogP contribution in [-0.4, -0.2) is 50.8 Å². The summed E-state index contributed by atoms with van der Waals surface area (Å²) < 4.78 is 27.9. The number of ether oxygens (including phenoxy) is 2. The summed E-state index contributed by atoms with van der Waals surface area (Å²) in [4.78, 5) is 23.7. The van der Waals surface area contributed by atoms with Gasteiger partial charge in [-0.25, -0.2) is 9.18 Å². The number of halogens is 4. The average molecular weight is 508 g/mol. The Morgan fingerprint density at radius 3 is 2.50 bits per heavy atom. The first-order chi connectivity index (χ1) is 14.7. The SMILES string of the molecule is CC1(C)O[C@@H]2C[C@H]3[C@@H]4C[C@H](F)C5=C(Cl)C(=O)C=C[C@]5(C)[C@@]4(Cl)[C@@H](Cl)C[C@]3(C)[C@]2(C(=O)O)O1. The molecule has 0 unspecified atom stereocenters. The van der Waals surface area contributed by atoms with E-state index in [9.17, 15) is 14.7 Å². The molecular weight excluding hydrogens is 482 g/mol. The van der Waals surface area contributed by atoms with Crippen molar-refractivity contribution in [3.63, 3.8) is 0 Å². The average Bonchev–Trinajstić information content (AvgIpc) is 3.08. The molecule has 9 atom stereocenters. The maximum absolute atomic E-state index is 15.7. The van der Waals surface area contributed by atoms with Crippen molar-refractivity contribution in [2.75, 3.05) is 0 Å². The zero-order valence-corrected chi connectivity index (χ0v) is 20.5. The highest BCUT2D eigenvalue weighted by Gasteiger charge is 2.80. The first kappa shape index (κ1) is 23.1. The molecule has 0 aromatic rings. The largest absolute Gasteiger partial charge is 0.479 e. The Bertz CT molecular complexity index is 996. The molecule has 1 heterocycles. The van der Waals surface area contributed by atoms with Crippen LogP contribution in [0.4, 0.5) is 4.39 Å². The van der Waals surface area contributed by atoms with E-state index in [4.69, 9.17) is 44.3 Å². The normalized spacial score (nSPS) is 53.5. The molecule has 1 saturated heterocycles. The molecule has 0 aromatic heterocycles. The summed E-state index contributed by atoms with van der Waals surface area (Å²) in [6, 6.07) is 0. The van der Waals surface area contributed by atoms with Crippen LogP contribution < -0.4 is 0 Å². The number of hydrogen-bond donors (Lipinski definition) is 1. The van der Waals surface area contributed by atoms with Crippen LogP contribution >= 0.6 is 34.8 Å². The summed E-state index contributed by atoms with van der Waals surface area (Å²) in [6.45, 7) is 7.03. The lowest BCUT2D eigenvalue weighted by atomic mass is 9.46. The maximum Gasteiger partial charge on any atom is 0.339 e. The molecule has 4 fully saturated rings. The van der Waals surface area contributed by atoms with Gasteiger partial charge in [-0.2, -0.15) is 0 Å². The number of carbonyl (C=O) groups excluding carboxylic acids is 1. The van der Waals surface area contributed by atoms with E-state index >= 15 is 4.39 Å². The number of alkyl halides is 3. The van der Waals surface area contributed by atoms with Gasteiger partial charge in [0.15, 0.2) is 17.2 Å². The van der Waals surface area contributed by atoms with Gasteiger partial charge in [0.2, 0.25) is 0 Å². The second-order valence-electron chi connectivity index (χ2n) is 10.8. The van der Waals surface area contributed by atoms with Gasteiger partial charge in [-0.05, 0) is 56.6 Å². The Labute approximate surface area is 201 Å². The smallest absolute Gasteiger partial charge is 0.339 e. The Morgan fingerprint density at radius 1 is 1.22 bits per heavy atom. The van der Waals surface area contributed by atoms with Crippen LogP contribution in [0.25, 0.3) is 0 Å². The molecule has 0 bridgehead atoms. The molecule has 0 aromatic carbocycles. The molecule has 1 N–H and O–H groups in total. The number of ketones is 1. The van der Waals surface area contributed by atoms with Crippen LogP contribution in [0.5, 0.6) is 0 Å². The molecule has 4 aliphatic carbocycles. The van der Waals surface area contributed by atoms with E-state index in [1.165, 1.54) is 6.08 Å². The zero-order chi connectivity index (χ0) is 23.6. The number of fused-ring (bicyclic) bond motifs is 7. The number of carbonyl (C=O) groups is 2. The minimum absolute atomic E-state index is 0.00104. The Hall–Kier alpha value is -0.660. The van der Waals surface area contributed by atoms with E-state index in [0.717, 1.165) is 0 Å². The summed E-state index contributed by atoms with van der Waals surface area (Å²) in [5, 5.41) is 9.51. The number of aliphatic carboxylic acids is 1. The summed E-state index contributed by atoms with van der Waals surface area (Å²) in [6.07, 6.45) is 1.36. The Balaban J connectivity index is 1.68. The first-order valence-electron chi connectivity index (χ1n) is 10.9. The zero-order valence-electron chi connectivity index (χ0n) is 18.3. The van der Waals surface area contributed by atoms with Crippen LogP contribution in [0.2, 0.25) is 0 Å². The van der Waals surface area contributed by atoms with Crippen molar-refractivity contribution in [2.24, 2.45) is 22.7 Å². The van der Waals surface area contributed by atoms with Crippen LogP contribution in [-0.2, 0) is 19.1 Å². The van der Waals surface area contributed by atoms with Crippen molar-refractivity contribution in [3.05, 3.63) is 22.8 Å². The molecular formula is C23H26Cl3FO5. The first-order valence-corrected chi connectivity index (χ1v) is 12.1. The third kappa shape index (κ3) is 2.39. The molecule has 9 heteroatoms. The molecule has 0 spiro atoms. The van der Waals surface area contributed by atoms with Gasteiger partial charge in [0.1, 0.15) is 12.3 Å². The molecule has 5 aliphatic rings. The predicted molar refractivity (Wildman–Crippen MR) is 118 cm³/mol. The minimum atomic E-state index is -1.61. The van der Waals surface area contributed by atoms with E-state index in [2.05, 4.69) is 0 Å². The molecule has 1 aliphatic heterocycles. The highest BCUT2D eigenvalue weighted by molar-refractivity contribution is 6.45. The second kappa shape index (κ2) is 6.51. The maximum atomic E-state index is 15.7. The van der Waals surface area contributed by atoms with Gasteiger partial charge in [0, 0.05) is 10.8 Å². The Morgan fingerprint density at radius 2 is 1.88 bits per heavy atom. The highest BCUT2D eigenvalue weighted by Crippen LogP contribution is 2.74. The third-order valence-corrected chi connectivity index (χ3v) is 10.9. The fourth-order valence-electron chi connectivity index (χ4n) is 7.70. The monoisotopic (exact) mass is 506 g/mol. The molecule has 5 rings (SSSR count). The van der Waals surface area contributed by atoms with Crippen LogP contribution in [0.1, 0.15) is 47.0 Å². The molecule has 0 radical (unpaired) electrons. The van der Waals surface area contributed by atoms with Crippen LogP contribution in [0.15, 0.2) is 22.8 Å². The van der Waals surface area contributed by atoms with Gasteiger partial charge < -0.3 is 14.6 Å². The fraction of sp³-hybridized carbons (Fsp3) is 0.739. The predicted octanol–water partition coefficient (Wildman–Crippen LogP) is 4.97.